The van der Waals surface area contributed by atoms with Crippen molar-refractivity contribution in [1.82, 2.24) is 10.1 Å². The van der Waals surface area contributed by atoms with Gasteiger partial charge in [0, 0.05) is 10.0 Å². The van der Waals surface area contributed by atoms with Crippen LogP contribution in [0.2, 0.25) is 0 Å². The quantitative estimate of drug-likeness (QED) is 0.823. The van der Waals surface area contributed by atoms with E-state index in [2.05, 4.69) is 26.1 Å². The molecule has 1 saturated carbocycles. The normalized spacial score (nSPS) is 18.4. The maximum Gasteiger partial charge on any atom is 0.247 e. The van der Waals surface area contributed by atoms with E-state index >= 15 is 0 Å². The van der Waals surface area contributed by atoms with Gasteiger partial charge in [0.05, 0.1) is 5.54 Å². The molecule has 0 saturated heterocycles. The van der Waals surface area contributed by atoms with Crippen LogP contribution in [0.25, 0.3) is 11.4 Å². The van der Waals surface area contributed by atoms with Crippen LogP contribution in [0.3, 0.4) is 0 Å². The molecular weight excluding hydrogens is 337 g/mol. The Hall–Kier alpha value is -1.27. The molecule has 3 rings (SSSR count). The molecule has 1 aliphatic rings. The van der Waals surface area contributed by atoms with Crippen molar-refractivity contribution in [2.24, 2.45) is 5.73 Å². The highest BCUT2D eigenvalue weighted by Gasteiger charge is 2.34. The Labute approximate surface area is 131 Å². The van der Waals surface area contributed by atoms with Crippen molar-refractivity contribution in [1.29, 1.82) is 0 Å². The maximum atomic E-state index is 13.4. The Morgan fingerprint density at radius 3 is 2.62 bits per heavy atom. The predicted molar refractivity (Wildman–Crippen MR) is 81.0 cm³/mol. The molecule has 0 bridgehead atoms. The second-order valence-electron chi connectivity index (χ2n) is 5.62. The van der Waals surface area contributed by atoms with Crippen molar-refractivity contribution in [2.45, 2.75) is 44.1 Å². The molecule has 1 aromatic heterocycles. The van der Waals surface area contributed by atoms with Gasteiger partial charge in [0.1, 0.15) is 5.82 Å². The second kappa shape index (κ2) is 5.85. The number of halogens is 2. The van der Waals surface area contributed by atoms with E-state index in [0.717, 1.165) is 30.2 Å². The number of benzene rings is 1. The first-order valence-corrected chi connectivity index (χ1v) is 7.96. The van der Waals surface area contributed by atoms with Gasteiger partial charge in [-0.15, -0.1) is 0 Å². The van der Waals surface area contributed by atoms with Gasteiger partial charge in [-0.2, -0.15) is 4.98 Å². The van der Waals surface area contributed by atoms with Crippen molar-refractivity contribution in [3.8, 4) is 11.4 Å². The third-order valence-corrected chi connectivity index (χ3v) is 4.71. The van der Waals surface area contributed by atoms with Gasteiger partial charge in [0.15, 0.2) is 0 Å². The fourth-order valence-electron chi connectivity index (χ4n) is 2.78. The molecule has 2 N–H and O–H groups in total. The standard InChI is InChI=1S/C15H17BrFN3O/c16-12-6-5-10(17)9-11(12)13-19-14(21-20-13)15(18)7-3-1-2-4-8-15/h5-6,9H,1-4,7-8,18H2. The van der Waals surface area contributed by atoms with E-state index in [1.165, 1.54) is 25.0 Å². The molecule has 1 heterocycles. The third-order valence-electron chi connectivity index (χ3n) is 4.02. The Morgan fingerprint density at radius 1 is 1.19 bits per heavy atom. The predicted octanol–water partition coefficient (Wildman–Crippen LogP) is 4.15. The van der Waals surface area contributed by atoms with Crippen molar-refractivity contribution in [3.63, 3.8) is 0 Å². The SMILES string of the molecule is NC1(c2nc(-c3cc(F)ccc3Br)no2)CCCCCC1. The number of rotatable bonds is 2. The average Bonchev–Trinajstić information content (AvgIpc) is 2.86. The van der Waals surface area contributed by atoms with E-state index in [1.807, 2.05) is 0 Å². The first-order chi connectivity index (χ1) is 10.1. The maximum absolute atomic E-state index is 13.4. The monoisotopic (exact) mass is 353 g/mol. The summed E-state index contributed by atoms with van der Waals surface area (Å²) in [6.45, 7) is 0. The summed E-state index contributed by atoms with van der Waals surface area (Å²) in [6, 6.07) is 4.39. The van der Waals surface area contributed by atoms with Crippen molar-refractivity contribution < 1.29 is 8.91 Å². The first kappa shape index (κ1) is 14.7. The Bertz CT molecular complexity index is 636. The van der Waals surface area contributed by atoms with Gasteiger partial charge >= 0.3 is 0 Å². The lowest BCUT2D eigenvalue weighted by atomic mass is 9.91. The molecular formula is C15H17BrFN3O. The lowest BCUT2D eigenvalue weighted by Gasteiger charge is -2.22. The summed E-state index contributed by atoms with van der Waals surface area (Å²) in [6.07, 6.45) is 6.21. The molecule has 0 atom stereocenters. The summed E-state index contributed by atoms with van der Waals surface area (Å²) in [4.78, 5) is 4.42. The summed E-state index contributed by atoms with van der Waals surface area (Å²) >= 11 is 3.38. The van der Waals surface area contributed by atoms with Crippen LogP contribution >= 0.6 is 15.9 Å². The number of hydrogen-bond donors (Lipinski definition) is 1. The smallest absolute Gasteiger partial charge is 0.247 e. The van der Waals surface area contributed by atoms with Gasteiger partial charge in [0.25, 0.3) is 0 Å². The summed E-state index contributed by atoms with van der Waals surface area (Å²) in [5.74, 6) is 0.484. The van der Waals surface area contributed by atoms with Crippen molar-refractivity contribution >= 4 is 15.9 Å². The van der Waals surface area contributed by atoms with Gasteiger partial charge in [-0.25, -0.2) is 4.39 Å². The second-order valence-corrected chi connectivity index (χ2v) is 6.47. The molecule has 2 aromatic rings. The third kappa shape index (κ3) is 3.01. The van der Waals surface area contributed by atoms with E-state index in [9.17, 15) is 4.39 Å². The summed E-state index contributed by atoms with van der Waals surface area (Å²) in [5.41, 5.74) is 6.48. The zero-order chi connectivity index (χ0) is 14.9. The molecule has 0 unspecified atom stereocenters. The van der Waals surface area contributed by atoms with Crippen molar-refractivity contribution in [2.75, 3.05) is 0 Å². The minimum Gasteiger partial charge on any atom is -0.337 e. The van der Waals surface area contributed by atoms with E-state index in [0.29, 0.717) is 17.3 Å². The van der Waals surface area contributed by atoms with Crippen LogP contribution < -0.4 is 5.73 Å². The highest BCUT2D eigenvalue weighted by atomic mass is 79.9. The van der Waals surface area contributed by atoms with Gasteiger partial charge in [-0.05, 0) is 31.0 Å². The molecule has 1 fully saturated rings. The Kier molecular flexibility index (Phi) is 4.08. The number of aromatic nitrogens is 2. The molecule has 0 spiro atoms. The van der Waals surface area contributed by atoms with Gasteiger partial charge in [0.2, 0.25) is 11.7 Å². The lowest BCUT2D eigenvalue weighted by molar-refractivity contribution is 0.257. The van der Waals surface area contributed by atoms with E-state index in [1.54, 1.807) is 6.07 Å². The number of nitrogens with two attached hydrogens (primary N) is 1. The fraction of sp³-hybridized carbons (Fsp3) is 0.467. The van der Waals surface area contributed by atoms with Gasteiger partial charge in [-0.1, -0.05) is 46.8 Å². The van der Waals surface area contributed by atoms with E-state index in [-0.39, 0.29) is 5.82 Å². The molecule has 112 valence electrons. The van der Waals surface area contributed by atoms with Crippen LogP contribution in [0.15, 0.2) is 27.2 Å². The molecule has 6 heteroatoms. The summed E-state index contributed by atoms with van der Waals surface area (Å²) < 4.78 is 19.5. The minimum atomic E-state index is -0.554. The van der Waals surface area contributed by atoms with Gasteiger partial charge in [-0.3, -0.25) is 0 Å². The van der Waals surface area contributed by atoms with Crippen LogP contribution in [0, 0.1) is 5.82 Å². The molecule has 0 radical (unpaired) electrons. The fourth-order valence-corrected chi connectivity index (χ4v) is 3.20. The molecule has 21 heavy (non-hydrogen) atoms. The van der Waals surface area contributed by atoms with E-state index < -0.39 is 5.54 Å². The molecule has 0 aliphatic heterocycles. The Balaban J connectivity index is 1.94. The highest BCUT2D eigenvalue weighted by molar-refractivity contribution is 9.10. The minimum absolute atomic E-state index is 0.337. The summed E-state index contributed by atoms with van der Waals surface area (Å²) in [5, 5.41) is 3.98. The van der Waals surface area contributed by atoms with Crippen LogP contribution in [-0.4, -0.2) is 10.1 Å². The highest BCUT2D eigenvalue weighted by Crippen LogP contribution is 2.34. The van der Waals surface area contributed by atoms with Crippen molar-refractivity contribution in [3.05, 3.63) is 34.4 Å². The zero-order valence-corrected chi connectivity index (χ0v) is 13.2. The van der Waals surface area contributed by atoms with Crippen LogP contribution in [-0.2, 0) is 5.54 Å². The molecule has 1 aromatic carbocycles. The van der Waals surface area contributed by atoms with Crippen LogP contribution in [0.1, 0.15) is 44.4 Å². The number of hydrogen-bond acceptors (Lipinski definition) is 4. The van der Waals surface area contributed by atoms with E-state index in [4.69, 9.17) is 10.3 Å². The number of nitrogens with zero attached hydrogens (tertiary/aromatic N) is 2. The van der Waals surface area contributed by atoms with Crippen LogP contribution in [0.4, 0.5) is 4.39 Å². The largest absolute Gasteiger partial charge is 0.337 e. The molecule has 0 amide bonds. The molecule has 4 nitrogen and oxygen atoms in total. The Morgan fingerprint density at radius 2 is 1.90 bits per heavy atom. The lowest BCUT2D eigenvalue weighted by Crippen LogP contribution is -2.36. The average molecular weight is 354 g/mol. The van der Waals surface area contributed by atoms with Gasteiger partial charge < -0.3 is 10.3 Å². The topological polar surface area (TPSA) is 64.9 Å². The summed E-state index contributed by atoms with van der Waals surface area (Å²) in [7, 11) is 0. The first-order valence-electron chi connectivity index (χ1n) is 7.17. The zero-order valence-electron chi connectivity index (χ0n) is 11.6. The van der Waals surface area contributed by atoms with Crippen LogP contribution in [0.5, 0.6) is 0 Å². The molecule has 1 aliphatic carbocycles.